The number of nitrogens with two attached hydrogens (primary N) is 1. The minimum absolute atomic E-state index is 0.0975. The van der Waals surface area contributed by atoms with E-state index in [4.69, 9.17) is 10.5 Å². The number of rotatable bonds is 4. The van der Waals surface area contributed by atoms with Gasteiger partial charge in [-0.3, -0.25) is 0 Å². The zero-order chi connectivity index (χ0) is 12.1. The number of carbonyl (C=O) groups excluding carboxylic acids is 1. The Labute approximate surface area is 95.3 Å². The average Bonchev–Trinajstić information content (AvgIpc) is 2.25. The highest BCUT2D eigenvalue weighted by Gasteiger charge is 2.10. The molecule has 0 heterocycles. The van der Waals surface area contributed by atoms with Gasteiger partial charge in [-0.1, -0.05) is 12.1 Å². The van der Waals surface area contributed by atoms with Gasteiger partial charge in [0.05, 0.1) is 7.11 Å². The van der Waals surface area contributed by atoms with Crippen LogP contribution in [0.3, 0.4) is 0 Å². The molecule has 0 aromatic heterocycles. The molecule has 0 bridgehead atoms. The Hall–Kier alpha value is -1.55. The van der Waals surface area contributed by atoms with Crippen molar-refractivity contribution in [1.82, 2.24) is 0 Å². The molecular weight excluding hydrogens is 206 g/mol. The van der Waals surface area contributed by atoms with Crippen molar-refractivity contribution in [2.45, 2.75) is 19.9 Å². The third kappa shape index (κ3) is 3.24. The molecule has 0 spiro atoms. The molecule has 0 saturated carbocycles. The van der Waals surface area contributed by atoms with Gasteiger partial charge in [0.15, 0.2) is 6.61 Å². The van der Waals surface area contributed by atoms with Crippen molar-refractivity contribution >= 4 is 5.97 Å². The van der Waals surface area contributed by atoms with Gasteiger partial charge in [-0.25, -0.2) is 4.79 Å². The van der Waals surface area contributed by atoms with Gasteiger partial charge in [-0.05, 0) is 25.5 Å². The highest BCUT2D eigenvalue weighted by atomic mass is 16.6. The van der Waals surface area contributed by atoms with Crippen LogP contribution in [0.2, 0.25) is 0 Å². The first kappa shape index (κ1) is 12.5. The number of carbonyl (C=O) groups is 1. The molecule has 1 aromatic carbocycles. The van der Waals surface area contributed by atoms with Gasteiger partial charge in [0.1, 0.15) is 5.75 Å². The molecule has 0 aliphatic rings. The Bertz CT molecular complexity index is 375. The molecule has 0 radical (unpaired) electrons. The van der Waals surface area contributed by atoms with E-state index < -0.39 is 5.97 Å². The van der Waals surface area contributed by atoms with Gasteiger partial charge in [-0.2, -0.15) is 0 Å². The van der Waals surface area contributed by atoms with E-state index in [1.165, 1.54) is 7.11 Å². The minimum atomic E-state index is -0.405. The molecule has 0 unspecified atom stereocenters. The van der Waals surface area contributed by atoms with Crippen LogP contribution in [-0.4, -0.2) is 19.7 Å². The molecule has 0 amide bonds. The van der Waals surface area contributed by atoms with Crippen LogP contribution in [-0.2, 0) is 9.53 Å². The Morgan fingerprint density at radius 2 is 2.19 bits per heavy atom. The lowest BCUT2D eigenvalue weighted by Gasteiger charge is -2.14. The summed E-state index contributed by atoms with van der Waals surface area (Å²) in [5, 5.41) is 0. The van der Waals surface area contributed by atoms with E-state index in [0.29, 0.717) is 5.75 Å². The molecule has 1 atom stereocenters. The van der Waals surface area contributed by atoms with Crippen molar-refractivity contribution in [1.29, 1.82) is 0 Å². The summed E-state index contributed by atoms with van der Waals surface area (Å²) >= 11 is 0. The first-order valence-corrected chi connectivity index (χ1v) is 5.10. The van der Waals surface area contributed by atoms with Crippen molar-refractivity contribution < 1.29 is 14.3 Å². The van der Waals surface area contributed by atoms with Crippen LogP contribution >= 0.6 is 0 Å². The second-order valence-electron chi connectivity index (χ2n) is 3.69. The normalized spacial score (nSPS) is 12.0. The van der Waals surface area contributed by atoms with Gasteiger partial charge >= 0.3 is 5.97 Å². The summed E-state index contributed by atoms with van der Waals surface area (Å²) in [6.45, 7) is 3.73. The summed E-state index contributed by atoms with van der Waals surface area (Å²) in [6, 6.07) is 5.60. The SMILES string of the molecule is COC(=O)COc1cc(C)ccc1[C@@H](C)N. The van der Waals surface area contributed by atoms with E-state index in [2.05, 4.69) is 4.74 Å². The standard InChI is InChI=1S/C12H17NO3/c1-8-4-5-10(9(2)13)11(6-8)16-7-12(14)15-3/h4-6,9H,7,13H2,1-3H3/t9-/m1/s1. The maximum absolute atomic E-state index is 11.0. The maximum Gasteiger partial charge on any atom is 0.343 e. The molecule has 0 saturated heterocycles. The molecule has 1 rings (SSSR count). The van der Waals surface area contributed by atoms with Gasteiger partial charge in [0, 0.05) is 11.6 Å². The van der Waals surface area contributed by atoms with Crippen molar-refractivity contribution in [2.75, 3.05) is 13.7 Å². The Morgan fingerprint density at radius 3 is 2.75 bits per heavy atom. The van der Waals surface area contributed by atoms with Crippen LogP contribution in [0.25, 0.3) is 0 Å². The monoisotopic (exact) mass is 223 g/mol. The van der Waals surface area contributed by atoms with Crippen LogP contribution in [0.15, 0.2) is 18.2 Å². The van der Waals surface area contributed by atoms with Crippen LogP contribution in [0, 0.1) is 6.92 Å². The van der Waals surface area contributed by atoms with Gasteiger partial charge < -0.3 is 15.2 Å². The highest BCUT2D eigenvalue weighted by molar-refractivity contribution is 5.71. The predicted octanol–water partition coefficient (Wildman–Crippen LogP) is 1.57. The van der Waals surface area contributed by atoms with Crippen molar-refractivity contribution in [3.8, 4) is 5.75 Å². The maximum atomic E-state index is 11.0. The molecular formula is C12H17NO3. The fraction of sp³-hybridized carbons (Fsp3) is 0.417. The van der Waals surface area contributed by atoms with Crippen molar-refractivity contribution in [3.05, 3.63) is 29.3 Å². The number of esters is 1. The van der Waals surface area contributed by atoms with E-state index in [9.17, 15) is 4.79 Å². The minimum Gasteiger partial charge on any atom is -0.482 e. The number of ether oxygens (including phenoxy) is 2. The van der Waals surface area contributed by atoms with E-state index in [1.807, 2.05) is 32.0 Å². The number of benzene rings is 1. The number of hydrogen-bond donors (Lipinski definition) is 1. The van der Waals surface area contributed by atoms with Gasteiger partial charge in [0.25, 0.3) is 0 Å². The third-order valence-corrected chi connectivity index (χ3v) is 2.23. The number of methoxy groups -OCH3 is 1. The largest absolute Gasteiger partial charge is 0.482 e. The van der Waals surface area contributed by atoms with Gasteiger partial charge in [0.2, 0.25) is 0 Å². The second kappa shape index (κ2) is 5.51. The lowest BCUT2D eigenvalue weighted by Crippen LogP contribution is -2.15. The molecule has 0 aliphatic heterocycles. The van der Waals surface area contributed by atoms with E-state index >= 15 is 0 Å². The molecule has 1 aromatic rings. The van der Waals surface area contributed by atoms with Crippen LogP contribution in [0.1, 0.15) is 24.1 Å². The smallest absolute Gasteiger partial charge is 0.343 e. The zero-order valence-corrected chi connectivity index (χ0v) is 9.82. The summed E-state index contributed by atoms with van der Waals surface area (Å²) in [6.07, 6.45) is 0. The van der Waals surface area contributed by atoms with E-state index in [-0.39, 0.29) is 12.6 Å². The molecule has 88 valence electrons. The first-order valence-electron chi connectivity index (χ1n) is 5.10. The van der Waals surface area contributed by atoms with E-state index in [0.717, 1.165) is 11.1 Å². The second-order valence-corrected chi connectivity index (χ2v) is 3.69. The Morgan fingerprint density at radius 1 is 1.50 bits per heavy atom. The fourth-order valence-corrected chi connectivity index (χ4v) is 1.34. The van der Waals surface area contributed by atoms with E-state index in [1.54, 1.807) is 0 Å². The summed E-state index contributed by atoms with van der Waals surface area (Å²) in [5.41, 5.74) is 7.75. The number of aryl methyl sites for hydroxylation is 1. The third-order valence-electron chi connectivity index (χ3n) is 2.23. The molecule has 4 heteroatoms. The van der Waals surface area contributed by atoms with Crippen LogP contribution < -0.4 is 10.5 Å². The summed E-state index contributed by atoms with van der Waals surface area (Å²) < 4.78 is 9.88. The topological polar surface area (TPSA) is 61.5 Å². The Balaban J connectivity index is 2.84. The van der Waals surface area contributed by atoms with Crippen LogP contribution in [0.4, 0.5) is 0 Å². The quantitative estimate of drug-likeness (QED) is 0.787. The molecule has 2 N–H and O–H groups in total. The molecule has 4 nitrogen and oxygen atoms in total. The number of hydrogen-bond acceptors (Lipinski definition) is 4. The predicted molar refractivity (Wildman–Crippen MR) is 61.3 cm³/mol. The summed E-state index contributed by atoms with van der Waals surface area (Å²) in [4.78, 5) is 11.0. The Kier molecular flexibility index (Phi) is 4.31. The lowest BCUT2D eigenvalue weighted by molar-refractivity contribution is -0.142. The van der Waals surface area contributed by atoms with Crippen LogP contribution in [0.5, 0.6) is 5.75 Å². The molecule has 16 heavy (non-hydrogen) atoms. The molecule has 0 aliphatic carbocycles. The van der Waals surface area contributed by atoms with Crippen molar-refractivity contribution in [3.63, 3.8) is 0 Å². The molecule has 0 fully saturated rings. The van der Waals surface area contributed by atoms with Gasteiger partial charge in [-0.15, -0.1) is 0 Å². The first-order chi connectivity index (χ1) is 7.54. The zero-order valence-electron chi connectivity index (χ0n) is 9.82. The highest BCUT2D eigenvalue weighted by Crippen LogP contribution is 2.24. The average molecular weight is 223 g/mol. The van der Waals surface area contributed by atoms with Crippen molar-refractivity contribution in [2.24, 2.45) is 5.73 Å². The fourth-order valence-electron chi connectivity index (χ4n) is 1.34. The lowest BCUT2D eigenvalue weighted by atomic mass is 10.1. The summed E-state index contributed by atoms with van der Waals surface area (Å²) in [7, 11) is 1.33. The summed E-state index contributed by atoms with van der Waals surface area (Å²) in [5.74, 6) is 0.234.